The molecule has 0 spiro atoms. The number of aryl methyl sites for hydroxylation is 1. The number of hydrogen-bond acceptors (Lipinski definition) is 3. The van der Waals surface area contributed by atoms with Gasteiger partial charge in [0, 0.05) is 35.8 Å². The van der Waals surface area contributed by atoms with Gasteiger partial charge in [0.15, 0.2) is 0 Å². The molecule has 2 bridgehead atoms. The third-order valence-electron chi connectivity index (χ3n) is 6.06. The minimum absolute atomic E-state index is 0.119. The van der Waals surface area contributed by atoms with Crippen molar-refractivity contribution in [1.82, 2.24) is 15.2 Å². The highest BCUT2D eigenvalue weighted by Crippen LogP contribution is 2.49. The molecule has 0 radical (unpaired) electrons. The van der Waals surface area contributed by atoms with Gasteiger partial charge in [0.2, 0.25) is 0 Å². The number of amides is 1. The summed E-state index contributed by atoms with van der Waals surface area (Å²) in [6, 6.07) is 7.13. The van der Waals surface area contributed by atoms with Gasteiger partial charge in [-0.15, -0.1) is 0 Å². The van der Waals surface area contributed by atoms with E-state index in [0.717, 1.165) is 18.7 Å². The fourth-order valence-electron chi connectivity index (χ4n) is 5.03. The van der Waals surface area contributed by atoms with E-state index < -0.39 is 0 Å². The number of aromatic nitrogens is 1. The van der Waals surface area contributed by atoms with Crippen LogP contribution in [0, 0.1) is 12.3 Å². The maximum Gasteiger partial charge on any atom is 0.272 e. The number of hydrogen-bond donors (Lipinski definition) is 1. The SMILES string of the molecule is Cc1cccc(C(=O)N2C[C@@H]3C[C@@]4(C)[C@H](CCCC[C@@H]24)N3)n1. The van der Waals surface area contributed by atoms with Crippen LogP contribution in [0.25, 0.3) is 0 Å². The van der Waals surface area contributed by atoms with Crippen LogP contribution >= 0.6 is 0 Å². The third-order valence-corrected chi connectivity index (χ3v) is 6.06. The number of nitrogens with zero attached hydrogens (tertiary/aromatic N) is 2. The van der Waals surface area contributed by atoms with Crippen LogP contribution < -0.4 is 5.32 Å². The van der Waals surface area contributed by atoms with Crippen molar-refractivity contribution in [2.24, 2.45) is 5.41 Å². The number of likely N-dealkylation sites (tertiary alicyclic amines) is 1. The van der Waals surface area contributed by atoms with Crippen LogP contribution in [0.4, 0.5) is 0 Å². The topological polar surface area (TPSA) is 45.2 Å². The second-order valence-corrected chi connectivity index (χ2v) is 7.55. The van der Waals surface area contributed by atoms with Crippen molar-refractivity contribution < 1.29 is 4.79 Å². The van der Waals surface area contributed by atoms with Crippen molar-refractivity contribution in [1.29, 1.82) is 0 Å². The maximum absolute atomic E-state index is 13.1. The monoisotopic (exact) mass is 299 g/mol. The highest BCUT2D eigenvalue weighted by molar-refractivity contribution is 5.92. The first-order valence-corrected chi connectivity index (χ1v) is 8.58. The zero-order valence-corrected chi connectivity index (χ0v) is 13.5. The molecule has 2 saturated heterocycles. The molecule has 4 heteroatoms. The Hall–Kier alpha value is -1.42. The van der Waals surface area contributed by atoms with E-state index in [9.17, 15) is 4.79 Å². The lowest BCUT2D eigenvalue weighted by Gasteiger charge is -2.46. The van der Waals surface area contributed by atoms with Crippen molar-refractivity contribution in [2.45, 2.75) is 64.1 Å². The van der Waals surface area contributed by atoms with Crippen LogP contribution in [0.1, 0.15) is 55.2 Å². The quantitative estimate of drug-likeness (QED) is 0.866. The summed E-state index contributed by atoms with van der Waals surface area (Å²) in [4.78, 5) is 19.7. The first kappa shape index (κ1) is 14.2. The molecule has 4 rings (SSSR count). The van der Waals surface area contributed by atoms with Gasteiger partial charge in [0.25, 0.3) is 5.91 Å². The van der Waals surface area contributed by atoms with E-state index in [4.69, 9.17) is 0 Å². The summed E-state index contributed by atoms with van der Waals surface area (Å²) in [6.45, 7) is 5.18. The lowest BCUT2D eigenvalue weighted by atomic mass is 9.71. The second kappa shape index (κ2) is 5.05. The van der Waals surface area contributed by atoms with E-state index in [1.54, 1.807) is 0 Å². The molecular weight excluding hydrogens is 274 g/mol. The van der Waals surface area contributed by atoms with Gasteiger partial charge >= 0.3 is 0 Å². The predicted octanol–water partition coefficient (Wildman–Crippen LogP) is 2.53. The highest BCUT2D eigenvalue weighted by Gasteiger charge is 2.55. The molecule has 0 unspecified atom stereocenters. The average Bonchev–Trinajstić information content (AvgIpc) is 2.66. The zero-order chi connectivity index (χ0) is 15.3. The molecule has 3 heterocycles. The Labute approximate surface area is 132 Å². The van der Waals surface area contributed by atoms with E-state index in [1.807, 2.05) is 25.1 Å². The fraction of sp³-hybridized carbons (Fsp3) is 0.667. The van der Waals surface area contributed by atoms with Gasteiger partial charge in [-0.2, -0.15) is 0 Å². The number of carbonyl (C=O) groups is 1. The molecule has 1 amide bonds. The maximum atomic E-state index is 13.1. The molecule has 0 aromatic carbocycles. The fourth-order valence-corrected chi connectivity index (χ4v) is 5.03. The number of carbonyl (C=O) groups excluding carboxylic acids is 1. The largest absolute Gasteiger partial charge is 0.332 e. The summed E-state index contributed by atoms with van der Waals surface area (Å²) in [5.74, 6) is 0.119. The molecule has 3 fully saturated rings. The van der Waals surface area contributed by atoms with Crippen molar-refractivity contribution in [3.8, 4) is 0 Å². The number of fused-ring (bicyclic) bond motifs is 1. The van der Waals surface area contributed by atoms with Gasteiger partial charge < -0.3 is 10.2 Å². The van der Waals surface area contributed by atoms with Crippen LogP contribution in [0.5, 0.6) is 0 Å². The lowest BCUT2D eigenvalue weighted by Crippen LogP contribution is -2.55. The first-order valence-electron chi connectivity index (χ1n) is 8.58. The molecule has 22 heavy (non-hydrogen) atoms. The van der Waals surface area contributed by atoms with Gasteiger partial charge in [0.05, 0.1) is 0 Å². The zero-order valence-electron chi connectivity index (χ0n) is 13.5. The van der Waals surface area contributed by atoms with Gasteiger partial charge in [0.1, 0.15) is 5.69 Å². The van der Waals surface area contributed by atoms with Crippen molar-refractivity contribution >= 4 is 5.91 Å². The Morgan fingerprint density at radius 3 is 3.00 bits per heavy atom. The summed E-state index contributed by atoms with van der Waals surface area (Å²) in [5, 5.41) is 3.80. The molecule has 118 valence electrons. The van der Waals surface area contributed by atoms with E-state index in [2.05, 4.69) is 22.1 Å². The summed E-state index contributed by atoms with van der Waals surface area (Å²) >= 11 is 0. The number of pyridine rings is 1. The first-order chi connectivity index (χ1) is 10.6. The molecule has 4 atom stereocenters. The Morgan fingerprint density at radius 1 is 1.36 bits per heavy atom. The summed E-state index contributed by atoms with van der Waals surface area (Å²) in [6.07, 6.45) is 6.12. The summed E-state index contributed by atoms with van der Waals surface area (Å²) < 4.78 is 0. The normalized spacial score (nSPS) is 37.0. The number of piperidine rings is 1. The number of rotatable bonds is 1. The van der Waals surface area contributed by atoms with Gasteiger partial charge in [-0.25, -0.2) is 4.98 Å². The van der Waals surface area contributed by atoms with E-state index >= 15 is 0 Å². The van der Waals surface area contributed by atoms with Gasteiger partial charge in [-0.05, 0) is 38.3 Å². The van der Waals surface area contributed by atoms with Crippen molar-refractivity contribution in [3.63, 3.8) is 0 Å². The van der Waals surface area contributed by atoms with Crippen LogP contribution in [0.15, 0.2) is 18.2 Å². The number of nitrogens with one attached hydrogen (secondary N) is 1. The van der Waals surface area contributed by atoms with Crippen LogP contribution in [-0.4, -0.2) is 40.5 Å². The summed E-state index contributed by atoms with van der Waals surface area (Å²) in [7, 11) is 0. The summed E-state index contributed by atoms with van der Waals surface area (Å²) in [5.41, 5.74) is 1.75. The molecule has 1 aromatic rings. The molecule has 1 aliphatic carbocycles. The van der Waals surface area contributed by atoms with Crippen LogP contribution in [0.3, 0.4) is 0 Å². The Bertz CT molecular complexity index is 602. The highest BCUT2D eigenvalue weighted by atomic mass is 16.2. The Balaban J connectivity index is 1.68. The molecule has 3 aliphatic rings. The molecule has 1 aromatic heterocycles. The smallest absolute Gasteiger partial charge is 0.272 e. The Kier molecular flexibility index (Phi) is 3.26. The molecule has 4 nitrogen and oxygen atoms in total. The Morgan fingerprint density at radius 2 is 2.18 bits per heavy atom. The van der Waals surface area contributed by atoms with Crippen molar-refractivity contribution in [2.75, 3.05) is 6.54 Å². The van der Waals surface area contributed by atoms with Crippen LogP contribution in [0.2, 0.25) is 0 Å². The van der Waals surface area contributed by atoms with E-state index in [1.165, 1.54) is 25.7 Å². The van der Waals surface area contributed by atoms with Gasteiger partial charge in [-0.3, -0.25) is 4.79 Å². The van der Waals surface area contributed by atoms with Crippen molar-refractivity contribution in [3.05, 3.63) is 29.6 Å². The lowest BCUT2D eigenvalue weighted by molar-refractivity contribution is 0.0279. The average molecular weight is 299 g/mol. The minimum atomic E-state index is 0.119. The predicted molar refractivity (Wildman–Crippen MR) is 85.7 cm³/mol. The van der Waals surface area contributed by atoms with E-state index in [-0.39, 0.29) is 11.3 Å². The molecular formula is C18H25N3O. The standard InChI is InChI=1S/C18H25N3O/c1-12-6-5-7-14(19-12)17(22)21-11-13-10-18(2)15(20-13)8-3-4-9-16(18)21/h5-7,13,15-16,20H,3-4,8-11H2,1-2H3/t13-,15-,16+,18-/m0/s1. The minimum Gasteiger partial charge on any atom is -0.332 e. The third kappa shape index (κ3) is 2.08. The van der Waals surface area contributed by atoms with E-state index in [0.29, 0.717) is 23.8 Å². The second-order valence-electron chi connectivity index (χ2n) is 7.55. The molecule has 2 aliphatic heterocycles. The molecule has 1 saturated carbocycles. The molecule has 1 N–H and O–H groups in total. The van der Waals surface area contributed by atoms with Gasteiger partial charge in [-0.1, -0.05) is 25.8 Å². The van der Waals surface area contributed by atoms with Crippen LogP contribution in [-0.2, 0) is 0 Å².